The number of ether oxygens (including phenoxy) is 2. The predicted molar refractivity (Wildman–Crippen MR) is 129 cm³/mol. The number of aryl methyl sites for hydroxylation is 1. The second-order valence-corrected chi connectivity index (χ2v) is 9.18. The zero-order valence-electron chi connectivity index (χ0n) is 19.6. The fraction of sp³-hybridized carbons (Fsp3) is 0.308. The van der Waals surface area contributed by atoms with Crippen LogP contribution in [0.15, 0.2) is 54.7 Å². The molecule has 3 aromatic rings. The van der Waals surface area contributed by atoms with E-state index in [9.17, 15) is 14.3 Å². The van der Waals surface area contributed by atoms with E-state index in [2.05, 4.69) is 10.3 Å². The first-order valence-corrected chi connectivity index (χ1v) is 11.0. The summed E-state index contributed by atoms with van der Waals surface area (Å²) in [7, 11) is 0. The third-order valence-electron chi connectivity index (χ3n) is 5.24. The monoisotopic (exact) mass is 465 g/mol. The van der Waals surface area contributed by atoms with Gasteiger partial charge in [0.25, 0.3) is 5.91 Å². The van der Waals surface area contributed by atoms with Crippen LogP contribution in [0.3, 0.4) is 0 Å². The summed E-state index contributed by atoms with van der Waals surface area (Å²) in [5, 5.41) is 12.6. The highest BCUT2D eigenvalue weighted by Gasteiger charge is 2.32. The molecule has 0 saturated heterocycles. The maximum Gasteiger partial charge on any atom is 0.259 e. The average Bonchev–Trinajstić information content (AvgIpc) is 2.79. The number of para-hydroxylation sites is 1. The number of nitrogens with zero attached hydrogens (tertiary/aromatic N) is 2. The molecule has 0 bridgehead atoms. The van der Waals surface area contributed by atoms with Gasteiger partial charge < -0.3 is 24.8 Å². The number of aromatic nitrogens is 1. The van der Waals surface area contributed by atoms with Crippen molar-refractivity contribution in [1.82, 2.24) is 4.98 Å². The van der Waals surface area contributed by atoms with Crippen molar-refractivity contribution in [3.63, 3.8) is 0 Å². The third-order valence-corrected chi connectivity index (χ3v) is 5.24. The molecule has 0 spiro atoms. The van der Waals surface area contributed by atoms with Crippen LogP contribution < -0.4 is 19.7 Å². The summed E-state index contributed by atoms with van der Waals surface area (Å²) in [4.78, 5) is 19.5. The van der Waals surface area contributed by atoms with E-state index in [-0.39, 0.29) is 25.0 Å². The van der Waals surface area contributed by atoms with E-state index in [1.54, 1.807) is 24.4 Å². The van der Waals surface area contributed by atoms with Gasteiger partial charge in [-0.15, -0.1) is 0 Å². The van der Waals surface area contributed by atoms with Crippen molar-refractivity contribution in [2.24, 2.45) is 0 Å². The summed E-state index contributed by atoms with van der Waals surface area (Å²) in [5.74, 6) is 0.118. The lowest BCUT2D eigenvalue weighted by Crippen LogP contribution is -2.43. The van der Waals surface area contributed by atoms with Gasteiger partial charge in [-0.05, 0) is 63.6 Å². The lowest BCUT2D eigenvalue weighted by molar-refractivity contribution is 0.102. The largest absolute Gasteiger partial charge is 0.488 e. The Morgan fingerprint density at radius 3 is 2.71 bits per heavy atom. The number of anilines is 3. The molecular weight excluding hydrogens is 437 g/mol. The van der Waals surface area contributed by atoms with E-state index in [1.807, 2.05) is 50.8 Å². The molecule has 0 saturated carbocycles. The maximum absolute atomic E-state index is 14.5. The van der Waals surface area contributed by atoms with Gasteiger partial charge in [0.2, 0.25) is 0 Å². The van der Waals surface area contributed by atoms with Crippen LogP contribution in [0.5, 0.6) is 11.5 Å². The molecule has 1 aromatic heterocycles. The van der Waals surface area contributed by atoms with E-state index in [4.69, 9.17) is 9.47 Å². The second kappa shape index (κ2) is 9.30. The second-order valence-electron chi connectivity index (χ2n) is 9.18. The van der Waals surface area contributed by atoms with Crippen LogP contribution in [-0.2, 0) is 0 Å². The minimum atomic E-state index is -0.568. The molecule has 0 unspecified atom stereocenters. The normalized spacial score (nSPS) is 15.4. The van der Waals surface area contributed by atoms with Gasteiger partial charge in [0.05, 0.1) is 23.9 Å². The zero-order chi connectivity index (χ0) is 24.5. The molecule has 2 aromatic carbocycles. The molecule has 1 atom stereocenters. The first-order valence-electron chi connectivity index (χ1n) is 11.0. The molecule has 4 rings (SSSR count). The zero-order valence-corrected chi connectivity index (χ0v) is 19.6. The highest BCUT2D eigenvalue weighted by molar-refractivity contribution is 6.07. The average molecular weight is 466 g/mol. The van der Waals surface area contributed by atoms with E-state index in [0.717, 1.165) is 5.56 Å². The van der Waals surface area contributed by atoms with Gasteiger partial charge >= 0.3 is 0 Å². The van der Waals surface area contributed by atoms with Crippen LogP contribution in [0, 0.1) is 12.7 Å². The van der Waals surface area contributed by atoms with Crippen LogP contribution in [0.1, 0.15) is 36.7 Å². The summed E-state index contributed by atoms with van der Waals surface area (Å²) >= 11 is 0. The standard InChI is InChI=1S/C26H28FN3O4/c1-16-8-11-23(28-13-16)30-18(14-31)15-33-24-19(6-5-7-21(24)30)25(32)29-17-9-10-22(20(27)12-17)34-26(2,3)4/h5-13,18,31H,14-15H2,1-4H3,(H,29,32)/t18-/m0/s1. The lowest BCUT2D eigenvalue weighted by atomic mass is 10.1. The fourth-order valence-electron chi connectivity index (χ4n) is 3.73. The van der Waals surface area contributed by atoms with Crippen molar-refractivity contribution < 1.29 is 23.8 Å². The minimum Gasteiger partial charge on any atom is -0.488 e. The van der Waals surface area contributed by atoms with Gasteiger partial charge in [0, 0.05) is 18.0 Å². The Morgan fingerprint density at radius 2 is 2.06 bits per heavy atom. The maximum atomic E-state index is 14.5. The SMILES string of the molecule is Cc1ccc(N2c3cccc(C(=O)Nc4ccc(OC(C)(C)C)c(F)c4)c3OC[C@@H]2CO)nc1. The van der Waals surface area contributed by atoms with Crippen molar-refractivity contribution in [2.45, 2.75) is 39.3 Å². The molecule has 2 heterocycles. The number of pyridine rings is 1. The van der Waals surface area contributed by atoms with Crippen molar-refractivity contribution in [2.75, 3.05) is 23.4 Å². The van der Waals surface area contributed by atoms with E-state index < -0.39 is 17.3 Å². The number of rotatable bonds is 5. The molecule has 8 heteroatoms. The highest BCUT2D eigenvalue weighted by Crippen LogP contribution is 2.41. The van der Waals surface area contributed by atoms with Gasteiger partial charge in [0.15, 0.2) is 17.3 Å². The number of aliphatic hydroxyl groups is 1. The van der Waals surface area contributed by atoms with Gasteiger partial charge in [-0.2, -0.15) is 0 Å². The number of carbonyl (C=O) groups excluding carboxylic acids is 1. The Kier molecular flexibility index (Phi) is 6.43. The molecule has 7 nitrogen and oxygen atoms in total. The van der Waals surface area contributed by atoms with Crippen LogP contribution in [0.4, 0.5) is 21.6 Å². The van der Waals surface area contributed by atoms with E-state index >= 15 is 0 Å². The van der Waals surface area contributed by atoms with Gasteiger partial charge in [0.1, 0.15) is 18.0 Å². The highest BCUT2D eigenvalue weighted by atomic mass is 19.1. The number of nitrogens with one attached hydrogen (secondary N) is 1. The summed E-state index contributed by atoms with van der Waals surface area (Å²) in [6.07, 6.45) is 1.75. The Morgan fingerprint density at radius 1 is 1.26 bits per heavy atom. The third kappa shape index (κ3) is 4.97. The number of hydrogen-bond acceptors (Lipinski definition) is 6. The van der Waals surface area contributed by atoms with Gasteiger partial charge in [-0.1, -0.05) is 12.1 Å². The first-order chi connectivity index (χ1) is 16.2. The summed E-state index contributed by atoms with van der Waals surface area (Å²) in [6.45, 7) is 7.47. The molecule has 34 heavy (non-hydrogen) atoms. The van der Waals surface area contributed by atoms with Gasteiger partial charge in [-0.3, -0.25) is 4.79 Å². The summed E-state index contributed by atoms with van der Waals surface area (Å²) < 4.78 is 26.0. The summed E-state index contributed by atoms with van der Waals surface area (Å²) in [5.41, 5.74) is 1.67. The Balaban J connectivity index is 1.63. The van der Waals surface area contributed by atoms with Crippen molar-refractivity contribution in [3.05, 3.63) is 71.7 Å². The predicted octanol–water partition coefficient (Wildman–Crippen LogP) is 4.85. The molecule has 0 radical (unpaired) electrons. The number of carbonyl (C=O) groups is 1. The van der Waals surface area contributed by atoms with Crippen LogP contribution >= 0.6 is 0 Å². The van der Waals surface area contributed by atoms with Crippen LogP contribution in [0.25, 0.3) is 0 Å². The first kappa shape index (κ1) is 23.5. The Hall–Kier alpha value is -3.65. The molecule has 0 aliphatic carbocycles. The smallest absolute Gasteiger partial charge is 0.259 e. The molecule has 0 fully saturated rings. The minimum absolute atomic E-state index is 0.113. The number of amides is 1. The molecule has 178 valence electrons. The number of aliphatic hydroxyl groups excluding tert-OH is 1. The van der Waals surface area contributed by atoms with E-state index in [0.29, 0.717) is 28.5 Å². The van der Waals surface area contributed by atoms with E-state index in [1.165, 1.54) is 12.1 Å². The fourth-order valence-corrected chi connectivity index (χ4v) is 3.73. The van der Waals surface area contributed by atoms with Crippen molar-refractivity contribution >= 4 is 23.1 Å². The van der Waals surface area contributed by atoms with Crippen molar-refractivity contribution in [3.8, 4) is 11.5 Å². The topological polar surface area (TPSA) is 83.9 Å². The molecule has 2 N–H and O–H groups in total. The number of hydrogen-bond donors (Lipinski definition) is 2. The van der Waals surface area contributed by atoms with Gasteiger partial charge in [-0.25, -0.2) is 9.37 Å². The molecule has 1 aliphatic rings. The Bertz CT molecular complexity index is 1190. The molecular formula is C26H28FN3O4. The van der Waals surface area contributed by atoms with Crippen LogP contribution in [-0.4, -0.2) is 40.9 Å². The molecule has 1 aliphatic heterocycles. The molecule has 1 amide bonds. The van der Waals surface area contributed by atoms with Crippen molar-refractivity contribution in [1.29, 1.82) is 0 Å². The summed E-state index contributed by atoms with van der Waals surface area (Å²) in [6, 6.07) is 12.9. The van der Waals surface area contributed by atoms with Crippen LogP contribution in [0.2, 0.25) is 0 Å². The number of halogens is 1. The number of fused-ring (bicyclic) bond motifs is 1. The lowest BCUT2D eigenvalue weighted by Gasteiger charge is -2.37. The number of benzene rings is 2. The Labute approximate surface area is 198 Å². The quantitative estimate of drug-likeness (QED) is 0.561.